The van der Waals surface area contributed by atoms with Crippen molar-refractivity contribution in [2.45, 2.75) is 25.3 Å². The Morgan fingerprint density at radius 2 is 1.66 bits per heavy atom. The molecule has 0 saturated carbocycles. The average Bonchev–Trinajstić information content (AvgIpc) is 3.47. The van der Waals surface area contributed by atoms with Gasteiger partial charge < -0.3 is 14.5 Å². The lowest BCUT2D eigenvalue weighted by molar-refractivity contribution is -0.126. The predicted molar refractivity (Wildman–Crippen MR) is 148 cm³/mol. The van der Waals surface area contributed by atoms with Crippen LogP contribution in [0.5, 0.6) is 5.75 Å². The number of nitrogens with zero attached hydrogens (tertiary/aromatic N) is 4. The van der Waals surface area contributed by atoms with Gasteiger partial charge in [-0.2, -0.15) is 0 Å². The molecule has 3 aromatic rings. The van der Waals surface area contributed by atoms with Gasteiger partial charge in [-0.15, -0.1) is 11.3 Å². The van der Waals surface area contributed by atoms with E-state index in [4.69, 9.17) is 9.72 Å². The number of rotatable bonds is 5. The summed E-state index contributed by atoms with van der Waals surface area (Å²) in [6.07, 6.45) is 1.67. The van der Waals surface area contributed by atoms with Crippen LogP contribution in [-0.4, -0.2) is 77.9 Å². The number of amides is 2. The molecule has 1 aromatic heterocycles. The predicted octanol–water partition coefficient (Wildman–Crippen LogP) is 3.87. The first-order valence-electron chi connectivity index (χ1n) is 13.0. The maximum Gasteiger partial charge on any atom is 0.298 e. The molecule has 5 rings (SSSR count). The van der Waals surface area contributed by atoms with E-state index in [1.807, 2.05) is 57.6 Å². The molecule has 0 N–H and O–H groups in total. The maximum atomic E-state index is 13.1. The zero-order chi connectivity index (χ0) is 26.3. The molecule has 0 aliphatic carbocycles. The molecule has 3 heterocycles. The third-order valence-electron chi connectivity index (χ3n) is 7.18. The number of hydrogen-bond acceptors (Lipinski definition) is 6. The van der Waals surface area contributed by atoms with Gasteiger partial charge in [0.25, 0.3) is 11.8 Å². The van der Waals surface area contributed by atoms with Gasteiger partial charge in [-0.1, -0.05) is 36.3 Å². The van der Waals surface area contributed by atoms with E-state index in [1.54, 1.807) is 18.4 Å². The van der Waals surface area contributed by atoms with Gasteiger partial charge in [-0.25, -0.2) is 4.98 Å². The third kappa shape index (κ3) is 6.42. The lowest BCUT2D eigenvalue weighted by Crippen LogP contribution is -2.48. The molecule has 2 aliphatic heterocycles. The van der Waals surface area contributed by atoms with Crippen molar-refractivity contribution in [3.8, 4) is 17.6 Å². The van der Waals surface area contributed by atoms with Crippen LogP contribution in [0.15, 0.2) is 60.0 Å². The van der Waals surface area contributed by atoms with Gasteiger partial charge in [0.1, 0.15) is 11.4 Å². The van der Waals surface area contributed by atoms with E-state index in [-0.39, 0.29) is 17.7 Å². The molecular weight excluding hydrogens is 496 g/mol. The average molecular weight is 529 g/mol. The molecule has 2 amide bonds. The Morgan fingerprint density at radius 1 is 0.947 bits per heavy atom. The molecule has 38 heavy (non-hydrogen) atoms. The standard InChI is InChI=1S/C30H32N4O3S/c1-37-26-10-7-24(8-11-26)21-32-17-19-34(20-18-32)30(36)27-22-38-29(31-27)25-13-15-33(16-14-25)28(35)12-9-23-5-3-2-4-6-23/h2-8,10-11,22,25H,13-21H2,1H3. The minimum Gasteiger partial charge on any atom is -0.497 e. The van der Waals surface area contributed by atoms with Gasteiger partial charge >= 0.3 is 0 Å². The summed E-state index contributed by atoms with van der Waals surface area (Å²) in [5.41, 5.74) is 2.63. The summed E-state index contributed by atoms with van der Waals surface area (Å²) in [4.78, 5) is 36.5. The molecule has 2 fully saturated rings. The highest BCUT2D eigenvalue weighted by molar-refractivity contribution is 7.09. The maximum absolute atomic E-state index is 13.1. The van der Waals surface area contributed by atoms with Crippen molar-refractivity contribution >= 4 is 23.2 Å². The quantitative estimate of drug-likeness (QED) is 0.471. The van der Waals surface area contributed by atoms with E-state index in [9.17, 15) is 9.59 Å². The van der Waals surface area contributed by atoms with Crippen molar-refractivity contribution in [1.29, 1.82) is 0 Å². The molecule has 2 saturated heterocycles. The van der Waals surface area contributed by atoms with E-state index in [2.05, 4.69) is 28.9 Å². The normalized spacial score (nSPS) is 16.6. The van der Waals surface area contributed by atoms with Crippen molar-refractivity contribution in [1.82, 2.24) is 19.7 Å². The summed E-state index contributed by atoms with van der Waals surface area (Å²) in [6, 6.07) is 17.7. The van der Waals surface area contributed by atoms with Crippen molar-refractivity contribution in [2.24, 2.45) is 0 Å². The fourth-order valence-electron chi connectivity index (χ4n) is 4.89. The second kappa shape index (κ2) is 12.2. The van der Waals surface area contributed by atoms with Crippen molar-refractivity contribution in [3.63, 3.8) is 0 Å². The number of thiazole rings is 1. The van der Waals surface area contributed by atoms with Crippen molar-refractivity contribution in [2.75, 3.05) is 46.4 Å². The number of piperazine rings is 1. The third-order valence-corrected chi connectivity index (χ3v) is 8.19. The van der Waals surface area contributed by atoms with Crippen LogP contribution in [0, 0.1) is 11.8 Å². The van der Waals surface area contributed by atoms with Crippen LogP contribution < -0.4 is 4.74 Å². The zero-order valence-corrected chi connectivity index (χ0v) is 22.5. The van der Waals surface area contributed by atoms with E-state index in [1.165, 1.54) is 5.56 Å². The smallest absolute Gasteiger partial charge is 0.298 e. The summed E-state index contributed by atoms with van der Waals surface area (Å²) in [6.45, 7) is 5.27. The largest absolute Gasteiger partial charge is 0.497 e. The Balaban J connectivity index is 1.09. The number of aromatic nitrogens is 1. The van der Waals surface area contributed by atoms with Gasteiger partial charge in [-0.3, -0.25) is 14.5 Å². The van der Waals surface area contributed by atoms with Crippen LogP contribution in [0.25, 0.3) is 0 Å². The zero-order valence-electron chi connectivity index (χ0n) is 21.6. The summed E-state index contributed by atoms with van der Waals surface area (Å²) in [5.74, 6) is 6.73. The van der Waals surface area contributed by atoms with Crippen molar-refractivity contribution in [3.05, 3.63) is 81.8 Å². The number of carbonyl (C=O) groups is 2. The molecule has 0 radical (unpaired) electrons. The fourth-order valence-corrected chi connectivity index (χ4v) is 5.85. The number of benzene rings is 2. The molecule has 0 atom stereocenters. The SMILES string of the molecule is COc1ccc(CN2CCN(C(=O)c3csc(C4CCN(C(=O)C#Cc5ccccc5)CC4)n3)CC2)cc1. The molecule has 0 unspecified atom stereocenters. The Morgan fingerprint density at radius 3 is 2.34 bits per heavy atom. The highest BCUT2D eigenvalue weighted by atomic mass is 32.1. The summed E-state index contributed by atoms with van der Waals surface area (Å²) < 4.78 is 5.24. The van der Waals surface area contributed by atoms with Crippen LogP contribution in [0.4, 0.5) is 0 Å². The highest BCUT2D eigenvalue weighted by Gasteiger charge is 2.28. The van der Waals surface area contributed by atoms with E-state index >= 15 is 0 Å². The van der Waals surface area contributed by atoms with Crippen LogP contribution in [-0.2, 0) is 11.3 Å². The summed E-state index contributed by atoms with van der Waals surface area (Å²) in [7, 11) is 1.67. The number of piperidine rings is 1. The molecule has 0 bridgehead atoms. The second-order valence-electron chi connectivity index (χ2n) is 9.67. The molecular formula is C30H32N4O3S. The molecule has 7 nitrogen and oxygen atoms in total. The Labute approximate surface area is 228 Å². The fraction of sp³-hybridized carbons (Fsp3) is 0.367. The lowest BCUT2D eigenvalue weighted by atomic mass is 9.97. The van der Waals surface area contributed by atoms with Crippen LogP contribution in [0.1, 0.15) is 45.4 Å². The Kier molecular flexibility index (Phi) is 8.37. The number of methoxy groups -OCH3 is 1. The van der Waals surface area contributed by atoms with Gasteiger partial charge in [0.05, 0.1) is 12.1 Å². The summed E-state index contributed by atoms with van der Waals surface area (Å²) in [5, 5.41) is 2.89. The first kappa shape index (κ1) is 26.0. The Hall–Kier alpha value is -3.67. The number of hydrogen-bond donors (Lipinski definition) is 0. The Bertz CT molecular complexity index is 1300. The first-order valence-corrected chi connectivity index (χ1v) is 13.9. The van der Waals surface area contributed by atoms with Gasteiger partial charge in [0.15, 0.2) is 0 Å². The van der Waals surface area contributed by atoms with Gasteiger partial charge in [0, 0.05) is 68.6 Å². The van der Waals surface area contributed by atoms with Gasteiger partial charge in [-0.05, 0) is 42.7 Å². The van der Waals surface area contributed by atoms with Crippen LogP contribution >= 0.6 is 11.3 Å². The van der Waals surface area contributed by atoms with Crippen LogP contribution in [0.3, 0.4) is 0 Å². The molecule has 0 spiro atoms. The molecule has 196 valence electrons. The molecule has 2 aliphatic rings. The first-order chi connectivity index (χ1) is 18.6. The topological polar surface area (TPSA) is 66.0 Å². The van der Waals surface area contributed by atoms with E-state index < -0.39 is 0 Å². The van der Waals surface area contributed by atoms with E-state index in [0.717, 1.165) is 48.8 Å². The lowest BCUT2D eigenvalue weighted by Gasteiger charge is -2.34. The summed E-state index contributed by atoms with van der Waals surface area (Å²) >= 11 is 1.56. The van der Waals surface area contributed by atoms with Gasteiger partial charge in [0.2, 0.25) is 0 Å². The molecule has 2 aromatic carbocycles. The monoisotopic (exact) mass is 528 g/mol. The minimum atomic E-state index is -0.131. The van der Waals surface area contributed by atoms with Crippen molar-refractivity contribution < 1.29 is 14.3 Å². The van der Waals surface area contributed by atoms with Crippen LogP contribution in [0.2, 0.25) is 0 Å². The second-order valence-corrected chi connectivity index (χ2v) is 10.6. The number of carbonyl (C=O) groups excluding carboxylic acids is 2. The number of likely N-dealkylation sites (tertiary alicyclic amines) is 1. The highest BCUT2D eigenvalue weighted by Crippen LogP contribution is 2.30. The molecule has 8 heteroatoms. The minimum absolute atomic E-state index is 0.0143. The number of ether oxygens (including phenoxy) is 1. The van der Waals surface area contributed by atoms with E-state index in [0.29, 0.717) is 31.9 Å².